The van der Waals surface area contributed by atoms with Gasteiger partial charge in [-0.3, -0.25) is 19.3 Å². The molecule has 0 aliphatic carbocycles. The molecule has 0 saturated carbocycles. The molecule has 3 aromatic carbocycles. The number of rotatable bonds is 11. The number of ether oxygens (including phenoxy) is 3. The van der Waals surface area contributed by atoms with E-state index < -0.39 is 0 Å². The van der Waals surface area contributed by atoms with Gasteiger partial charge in [0, 0.05) is 5.69 Å². The van der Waals surface area contributed by atoms with Crippen LogP contribution in [0.5, 0.6) is 17.2 Å². The van der Waals surface area contributed by atoms with Crippen LogP contribution in [0.15, 0.2) is 77.7 Å². The average molecular weight is 644 g/mol. The van der Waals surface area contributed by atoms with Crippen molar-refractivity contribution in [2.75, 3.05) is 31.7 Å². The molecule has 38 heavy (non-hydrogen) atoms. The summed E-state index contributed by atoms with van der Waals surface area (Å²) in [5.74, 6) is 0.867. The Bertz CT molecular complexity index is 1330. The highest BCUT2D eigenvalue weighted by Gasteiger charge is 2.35. The second kappa shape index (κ2) is 13.3. The number of benzene rings is 3. The van der Waals surface area contributed by atoms with E-state index in [1.54, 1.807) is 30.3 Å². The number of hydrogen-bond donors (Lipinski definition) is 1. The first-order chi connectivity index (χ1) is 18.4. The quantitative estimate of drug-likeness (QED) is 0.208. The van der Waals surface area contributed by atoms with Crippen LogP contribution in [0.25, 0.3) is 6.08 Å². The minimum Gasteiger partial charge on any atom is -0.492 e. The van der Waals surface area contributed by atoms with Crippen molar-refractivity contribution in [2.24, 2.45) is 0 Å². The molecule has 4 rings (SSSR count). The Balaban J connectivity index is 1.42. The molecule has 3 aromatic rings. The third-order valence-electron chi connectivity index (χ3n) is 5.24. The van der Waals surface area contributed by atoms with Crippen LogP contribution in [0.3, 0.4) is 0 Å². The molecule has 0 aromatic heterocycles. The third kappa shape index (κ3) is 7.29. The van der Waals surface area contributed by atoms with Gasteiger partial charge in [-0.25, -0.2) is 0 Å². The number of amides is 3. The van der Waals surface area contributed by atoms with Gasteiger partial charge in [-0.15, -0.1) is 0 Å². The number of hydrogen-bond acceptors (Lipinski definition) is 7. The van der Waals surface area contributed by atoms with Crippen molar-refractivity contribution in [1.29, 1.82) is 0 Å². The number of para-hydroxylation sites is 2. The molecule has 1 saturated heterocycles. The van der Waals surface area contributed by atoms with Crippen molar-refractivity contribution < 1.29 is 28.6 Å². The van der Waals surface area contributed by atoms with Gasteiger partial charge in [-0.2, -0.15) is 0 Å². The highest BCUT2D eigenvalue weighted by atomic mass is 127. The molecular formula is C28H25IN2O6S. The van der Waals surface area contributed by atoms with Crippen molar-refractivity contribution in [3.63, 3.8) is 0 Å². The monoisotopic (exact) mass is 644 g/mol. The van der Waals surface area contributed by atoms with Crippen LogP contribution in [0, 0.1) is 3.57 Å². The molecule has 10 heteroatoms. The Morgan fingerprint density at radius 3 is 2.42 bits per heavy atom. The summed E-state index contributed by atoms with van der Waals surface area (Å²) in [5, 5.41) is 2.43. The number of thioether (sulfide) groups is 1. The van der Waals surface area contributed by atoms with Crippen LogP contribution in [-0.4, -0.2) is 48.3 Å². The lowest BCUT2D eigenvalue weighted by molar-refractivity contribution is -0.123. The lowest BCUT2D eigenvalue weighted by Gasteiger charge is -2.15. The number of carbonyl (C=O) groups excluding carboxylic acids is 3. The van der Waals surface area contributed by atoms with Crippen molar-refractivity contribution in [3.05, 3.63) is 86.8 Å². The van der Waals surface area contributed by atoms with Gasteiger partial charge in [-0.05, 0) is 89.3 Å². The molecule has 196 valence electrons. The van der Waals surface area contributed by atoms with Gasteiger partial charge in [0.25, 0.3) is 17.1 Å². The van der Waals surface area contributed by atoms with Crippen LogP contribution in [0.4, 0.5) is 10.5 Å². The number of carbonyl (C=O) groups is 3. The predicted octanol–water partition coefficient (Wildman–Crippen LogP) is 5.82. The fourth-order valence-electron chi connectivity index (χ4n) is 3.55. The smallest absolute Gasteiger partial charge is 0.293 e. The van der Waals surface area contributed by atoms with E-state index in [0.29, 0.717) is 43.6 Å². The topological polar surface area (TPSA) is 94.2 Å². The maximum absolute atomic E-state index is 12.9. The predicted molar refractivity (Wildman–Crippen MR) is 156 cm³/mol. The van der Waals surface area contributed by atoms with E-state index in [1.807, 2.05) is 55.5 Å². The van der Waals surface area contributed by atoms with E-state index in [-0.39, 0.29) is 36.8 Å². The number of nitrogens with zero attached hydrogens (tertiary/aromatic N) is 1. The summed E-state index contributed by atoms with van der Waals surface area (Å²) in [6, 6.07) is 21.9. The minimum atomic E-state index is -0.373. The summed E-state index contributed by atoms with van der Waals surface area (Å²) in [6.07, 6.45) is 1.65. The summed E-state index contributed by atoms with van der Waals surface area (Å²) < 4.78 is 17.9. The van der Waals surface area contributed by atoms with E-state index in [1.165, 1.54) is 4.90 Å². The molecule has 1 fully saturated rings. The average Bonchev–Trinajstić information content (AvgIpc) is 3.17. The van der Waals surface area contributed by atoms with Crippen LogP contribution in [-0.2, 0) is 9.59 Å². The second-order valence-corrected chi connectivity index (χ2v) is 10.1. The molecule has 0 unspecified atom stereocenters. The maximum atomic E-state index is 12.9. The van der Waals surface area contributed by atoms with Crippen molar-refractivity contribution in [1.82, 2.24) is 4.90 Å². The highest BCUT2D eigenvalue weighted by Crippen LogP contribution is 2.37. The fourth-order valence-corrected chi connectivity index (χ4v) is 5.19. The zero-order valence-electron chi connectivity index (χ0n) is 20.5. The second-order valence-electron chi connectivity index (χ2n) is 7.96. The molecule has 0 radical (unpaired) electrons. The summed E-state index contributed by atoms with van der Waals surface area (Å²) in [4.78, 5) is 39.2. The summed E-state index contributed by atoms with van der Waals surface area (Å²) in [6.45, 7) is 2.37. The standard InChI is InChI=1S/C28H25IN2O6S/c1-2-35-23-16-19(15-22(29)26(23)37-18-25(32)30-20-9-5-3-6-10-20)17-24-27(33)31(28(34)38-24)13-14-36-21-11-7-4-8-12-21/h3-12,15-17H,2,13-14,18H2,1H3,(H,30,32)/b24-17-. The van der Waals surface area contributed by atoms with E-state index >= 15 is 0 Å². The molecule has 0 spiro atoms. The van der Waals surface area contributed by atoms with Crippen LogP contribution in [0.2, 0.25) is 0 Å². The minimum absolute atomic E-state index is 0.149. The van der Waals surface area contributed by atoms with Crippen LogP contribution >= 0.6 is 34.4 Å². The molecule has 0 bridgehead atoms. The van der Waals surface area contributed by atoms with E-state index in [9.17, 15) is 14.4 Å². The van der Waals surface area contributed by atoms with Gasteiger partial charge in [0.05, 0.1) is 21.6 Å². The van der Waals surface area contributed by atoms with E-state index in [0.717, 1.165) is 11.8 Å². The van der Waals surface area contributed by atoms with Crippen molar-refractivity contribution >= 4 is 63.2 Å². The summed E-state index contributed by atoms with van der Waals surface area (Å²) in [5.41, 5.74) is 1.35. The van der Waals surface area contributed by atoms with Crippen molar-refractivity contribution in [3.8, 4) is 17.2 Å². The summed E-state index contributed by atoms with van der Waals surface area (Å²) in [7, 11) is 0. The first-order valence-electron chi connectivity index (χ1n) is 11.8. The van der Waals surface area contributed by atoms with Gasteiger partial charge in [0.15, 0.2) is 18.1 Å². The molecule has 1 N–H and O–H groups in total. The SMILES string of the molecule is CCOc1cc(/C=C2\SC(=O)N(CCOc3ccccc3)C2=O)cc(I)c1OCC(=O)Nc1ccccc1. The summed E-state index contributed by atoms with van der Waals surface area (Å²) >= 11 is 2.98. The number of anilines is 1. The van der Waals surface area contributed by atoms with Crippen LogP contribution in [0.1, 0.15) is 12.5 Å². The maximum Gasteiger partial charge on any atom is 0.293 e. The van der Waals surface area contributed by atoms with Crippen LogP contribution < -0.4 is 19.5 Å². The van der Waals surface area contributed by atoms with E-state index in [4.69, 9.17) is 14.2 Å². The Kier molecular flexibility index (Phi) is 9.66. The first-order valence-corrected chi connectivity index (χ1v) is 13.7. The van der Waals surface area contributed by atoms with Gasteiger partial charge < -0.3 is 19.5 Å². The molecule has 1 aliphatic heterocycles. The molecule has 3 amide bonds. The number of nitrogens with one attached hydrogen (secondary N) is 1. The van der Waals surface area contributed by atoms with Gasteiger partial charge >= 0.3 is 0 Å². The lowest BCUT2D eigenvalue weighted by Crippen LogP contribution is -2.32. The van der Waals surface area contributed by atoms with Crippen molar-refractivity contribution in [2.45, 2.75) is 6.92 Å². The Morgan fingerprint density at radius 2 is 1.71 bits per heavy atom. The molecule has 1 heterocycles. The first kappa shape index (κ1) is 27.5. The third-order valence-corrected chi connectivity index (χ3v) is 6.94. The lowest BCUT2D eigenvalue weighted by atomic mass is 10.2. The zero-order chi connectivity index (χ0) is 26.9. The zero-order valence-corrected chi connectivity index (χ0v) is 23.5. The molecular weight excluding hydrogens is 619 g/mol. The fraction of sp³-hybridized carbons (Fsp3) is 0.179. The molecule has 0 atom stereocenters. The molecule has 8 nitrogen and oxygen atoms in total. The van der Waals surface area contributed by atoms with E-state index in [2.05, 4.69) is 27.9 Å². The Morgan fingerprint density at radius 1 is 1.00 bits per heavy atom. The van der Waals surface area contributed by atoms with Gasteiger partial charge in [0.1, 0.15) is 12.4 Å². The normalized spacial score (nSPS) is 14.1. The number of imide groups is 1. The number of halogens is 1. The Hall–Kier alpha value is -3.51. The highest BCUT2D eigenvalue weighted by molar-refractivity contribution is 14.1. The van der Waals surface area contributed by atoms with Gasteiger partial charge in [-0.1, -0.05) is 36.4 Å². The molecule has 1 aliphatic rings. The largest absolute Gasteiger partial charge is 0.492 e. The Labute approximate surface area is 238 Å². The van der Waals surface area contributed by atoms with Gasteiger partial charge in [0.2, 0.25) is 0 Å².